The fourth-order valence-corrected chi connectivity index (χ4v) is 2.48. The highest BCUT2D eigenvalue weighted by molar-refractivity contribution is 6.17. The van der Waals surface area contributed by atoms with Gasteiger partial charge in [0.25, 0.3) is 0 Å². The molecule has 3 nitrogen and oxygen atoms in total. The van der Waals surface area contributed by atoms with Crippen LogP contribution in [0.25, 0.3) is 0 Å². The second-order valence-corrected chi connectivity index (χ2v) is 5.83. The number of hydrogen-bond donors (Lipinski definition) is 0. The zero-order valence-electron chi connectivity index (χ0n) is 13.3. The lowest BCUT2D eigenvalue weighted by molar-refractivity contribution is 0.140. The fraction of sp³-hybridized carbons (Fsp3) is 0.688. The molecule has 1 aromatic rings. The topological polar surface area (TPSA) is 25.4 Å². The number of alkyl halides is 1. The molecule has 0 atom stereocenters. The molecule has 20 heavy (non-hydrogen) atoms. The standard InChI is InChI=1S/C16H27ClN2O/c1-6-15-9-14(11-17)10-16(18-15)20-8-7-19(12(2)3)13(4)5/h9-10,12-13H,6-8,11H2,1-5H3. The predicted octanol–water partition coefficient (Wildman–Crippen LogP) is 3.88. The Hall–Kier alpha value is -0.800. The Morgan fingerprint density at radius 1 is 1.20 bits per heavy atom. The molecule has 0 bridgehead atoms. The van der Waals surface area contributed by atoms with Crippen LogP contribution < -0.4 is 4.74 Å². The third-order valence-electron chi connectivity index (χ3n) is 3.36. The maximum atomic E-state index is 5.90. The van der Waals surface area contributed by atoms with Crippen molar-refractivity contribution in [3.05, 3.63) is 23.4 Å². The summed E-state index contributed by atoms with van der Waals surface area (Å²) in [6.07, 6.45) is 0.894. The SMILES string of the molecule is CCc1cc(CCl)cc(OCCN(C(C)C)C(C)C)n1. The highest BCUT2D eigenvalue weighted by Gasteiger charge is 2.13. The van der Waals surface area contributed by atoms with Gasteiger partial charge in [-0.3, -0.25) is 4.90 Å². The van der Waals surface area contributed by atoms with E-state index in [4.69, 9.17) is 16.3 Å². The van der Waals surface area contributed by atoms with E-state index >= 15 is 0 Å². The lowest BCUT2D eigenvalue weighted by atomic mass is 10.2. The van der Waals surface area contributed by atoms with E-state index in [-0.39, 0.29) is 0 Å². The summed E-state index contributed by atoms with van der Waals surface area (Å²) in [6.45, 7) is 12.5. The van der Waals surface area contributed by atoms with Crippen LogP contribution in [0.4, 0.5) is 0 Å². The largest absolute Gasteiger partial charge is 0.476 e. The van der Waals surface area contributed by atoms with Crippen molar-refractivity contribution in [3.8, 4) is 5.88 Å². The number of ether oxygens (including phenoxy) is 1. The normalized spacial score (nSPS) is 11.7. The van der Waals surface area contributed by atoms with Gasteiger partial charge >= 0.3 is 0 Å². The minimum absolute atomic E-state index is 0.496. The van der Waals surface area contributed by atoms with Gasteiger partial charge in [0.15, 0.2) is 0 Å². The summed E-state index contributed by atoms with van der Waals surface area (Å²) in [7, 11) is 0. The summed E-state index contributed by atoms with van der Waals surface area (Å²) in [5.41, 5.74) is 2.10. The van der Waals surface area contributed by atoms with Gasteiger partial charge in [-0.2, -0.15) is 0 Å². The Morgan fingerprint density at radius 3 is 2.35 bits per heavy atom. The molecule has 114 valence electrons. The van der Waals surface area contributed by atoms with Gasteiger partial charge in [0.1, 0.15) is 6.61 Å². The van der Waals surface area contributed by atoms with Crippen LogP contribution in [0.2, 0.25) is 0 Å². The van der Waals surface area contributed by atoms with Gasteiger partial charge in [-0.15, -0.1) is 11.6 Å². The first kappa shape index (κ1) is 17.3. The van der Waals surface area contributed by atoms with Crippen molar-refractivity contribution in [2.75, 3.05) is 13.2 Å². The lowest BCUT2D eigenvalue weighted by Gasteiger charge is -2.30. The van der Waals surface area contributed by atoms with Gasteiger partial charge in [-0.1, -0.05) is 6.92 Å². The first-order valence-electron chi connectivity index (χ1n) is 7.42. The van der Waals surface area contributed by atoms with Crippen LogP contribution in [0.5, 0.6) is 5.88 Å². The molecule has 0 spiro atoms. The summed E-state index contributed by atoms with van der Waals surface area (Å²) in [5, 5.41) is 0. The van der Waals surface area contributed by atoms with Gasteiger partial charge < -0.3 is 4.74 Å². The van der Waals surface area contributed by atoms with E-state index in [2.05, 4.69) is 44.5 Å². The molecule has 0 radical (unpaired) electrons. The first-order chi connectivity index (χ1) is 9.47. The third-order valence-corrected chi connectivity index (χ3v) is 3.67. The quantitative estimate of drug-likeness (QED) is 0.681. The van der Waals surface area contributed by atoms with Crippen LogP contribution in [-0.4, -0.2) is 35.1 Å². The predicted molar refractivity (Wildman–Crippen MR) is 85.6 cm³/mol. The highest BCUT2D eigenvalue weighted by Crippen LogP contribution is 2.15. The number of nitrogens with zero attached hydrogens (tertiary/aromatic N) is 2. The molecule has 1 aromatic heterocycles. The molecular weight excluding hydrogens is 272 g/mol. The van der Waals surface area contributed by atoms with E-state index < -0.39 is 0 Å². The maximum Gasteiger partial charge on any atom is 0.213 e. The number of hydrogen-bond acceptors (Lipinski definition) is 3. The van der Waals surface area contributed by atoms with Gasteiger partial charge in [0.2, 0.25) is 5.88 Å². The molecule has 4 heteroatoms. The zero-order chi connectivity index (χ0) is 15.1. The number of rotatable bonds is 8. The molecule has 0 aliphatic heterocycles. The number of aryl methyl sites for hydroxylation is 1. The van der Waals surface area contributed by atoms with E-state index in [0.29, 0.717) is 30.5 Å². The van der Waals surface area contributed by atoms with E-state index in [0.717, 1.165) is 24.2 Å². The average Bonchev–Trinajstić information content (AvgIpc) is 2.42. The van der Waals surface area contributed by atoms with Crippen LogP contribution in [0.1, 0.15) is 45.9 Å². The highest BCUT2D eigenvalue weighted by atomic mass is 35.5. The van der Waals surface area contributed by atoms with E-state index in [1.54, 1.807) is 0 Å². The van der Waals surface area contributed by atoms with Gasteiger partial charge in [0, 0.05) is 36.3 Å². The Balaban J connectivity index is 2.61. The molecule has 0 saturated heterocycles. The molecule has 0 aliphatic rings. The maximum absolute atomic E-state index is 5.90. The summed E-state index contributed by atoms with van der Waals surface area (Å²) >= 11 is 5.90. The van der Waals surface area contributed by atoms with Crippen molar-refractivity contribution >= 4 is 11.6 Å². The summed E-state index contributed by atoms with van der Waals surface area (Å²) in [5.74, 6) is 1.18. The third kappa shape index (κ3) is 5.29. The van der Waals surface area contributed by atoms with Crippen molar-refractivity contribution in [1.82, 2.24) is 9.88 Å². The van der Waals surface area contributed by atoms with Crippen LogP contribution in [0.15, 0.2) is 12.1 Å². The van der Waals surface area contributed by atoms with Crippen molar-refractivity contribution in [2.45, 2.75) is 59.0 Å². The van der Waals surface area contributed by atoms with Gasteiger partial charge in [0.05, 0.1) is 0 Å². The molecule has 0 amide bonds. The van der Waals surface area contributed by atoms with Crippen LogP contribution in [0.3, 0.4) is 0 Å². The zero-order valence-corrected chi connectivity index (χ0v) is 14.1. The van der Waals surface area contributed by atoms with E-state index in [1.165, 1.54) is 0 Å². The summed E-state index contributed by atoms with van der Waals surface area (Å²) in [6, 6.07) is 5.01. The lowest BCUT2D eigenvalue weighted by Crippen LogP contribution is -2.39. The number of aromatic nitrogens is 1. The molecule has 0 N–H and O–H groups in total. The molecule has 0 saturated carbocycles. The first-order valence-corrected chi connectivity index (χ1v) is 7.95. The van der Waals surface area contributed by atoms with E-state index in [1.807, 2.05) is 12.1 Å². The fourth-order valence-electron chi connectivity index (χ4n) is 2.32. The molecule has 1 heterocycles. The average molecular weight is 299 g/mol. The van der Waals surface area contributed by atoms with Crippen molar-refractivity contribution in [3.63, 3.8) is 0 Å². The Bertz CT molecular complexity index is 377. The Morgan fingerprint density at radius 2 is 1.85 bits per heavy atom. The van der Waals surface area contributed by atoms with Crippen molar-refractivity contribution in [1.29, 1.82) is 0 Å². The molecule has 0 aromatic carbocycles. The Kier molecular flexibility index (Phi) is 7.31. The summed E-state index contributed by atoms with van der Waals surface area (Å²) < 4.78 is 5.81. The Labute approximate surface area is 128 Å². The van der Waals surface area contributed by atoms with Crippen LogP contribution in [0, 0.1) is 0 Å². The molecule has 1 rings (SSSR count). The molecule has 0 fully saturated rings. The molecule has 0 unspecified atom stereocenters. The molecule has 0 aliphatic carbocycles. The van der Waals surface area contributed by atoms with Crippen molar-refractivity contribution < 1.29 is 4.74 Å². The second-order valence-electron chi connectivity index (χ2n) is 5.57. The van der Waals surface area contributed by atoms with Gasteiger partial charge in [-0.25, -0.2) is 4.98 Å². The van der Waals surface area contributed by atoms with Gasteiger partial charge in [-0.05, 0) is 45.7 Å². The monoisotopic (exact) mass is 298 g/mol. The number of halogens is 1. The van der Waals surface area contributed by atoms with E-state index in [9.17, 15) is 0 Å². The molecular formula is C16H27ClN2O. The summed E-state index contributed by atoms with van der Waals surface area (Å²) in [4.78, 5) is 6.90. The minimum atomic E-state index is 0.496. The number of pyridine rings is 1. The van der Waals surface area contributed by atoms with Crippen molar-refractivity contribution in [2.24, 2.45) is 0 Å². The minimum Gasteiger partial charge on any atom is -0.476 e. The smallest absolute Gasteiger partial charge is 0.213 e. The second kappa shape index (κ2) is 8.48. The van der Waals surface area contributed by atoms with Crippen LogP contribution >= 0.6 is 11.6 Å². The van der Waals surface area contributed by atoms with Crippen LogP contribution in [-0.2, 0) is 12.3 Å².